The Morgan fingerprint density at radius 3 is 1.97 bits per heavy atom. The summed E-state index contributed by atoms with van der Waals surface area (Å²) in [7, 11) is 0. The van der Waals surface area contributed by atoms with Gasteiger partial charge in [-0.05, 0) is 146 Å². The maximum absolute atomic E-state index is 6.49. The minimum absolute atomic E-state index is 0.147. The van der Waals surface area contributed by atoms with Crippen molar-refractivity contribution in [2.75, 3.05) is 4.90 Å². The zero-order valence-corrected chi connectivity index (χ0v) is 35.0. The number of nitrogens with zero attached hydrogens (tertiary/aromatic N) is 2. The number of allylic oxidation sites excluding steroid dienone is 3. The highest BCUT2D eigenvalue weighted by atomic mass is 32.1. The first-order valence-corrected chi connectivity index (χ1v) is 21.7. The van der Waals surface area contributed by atoms with Gasteiger partial charge in [-0.3, -0.25) is 4.99 Å². The van der Waals surface area contributed by atoms with E-state index >= 15 is 0 Å². The summed E-state index contributed by atoms with van der Waals surface area (Å²) in [6, 6.07) is 58.5. The molecule has 4 heteroatoms. The van der Waals surface area contributed by atoms with Gasteiger partial charge in [-0.2, -0.15) is 0 Å². The Balaban J connectivity index is 1.11. The second-order valence-electron chi connectivity index (χ2n) is 16.8. The normalized spacial score (nSPS) is 13.7. The van der Waals surface area contributed by atoms with Gasteiger partial charge >= 0.3 is 0 Å². The summed E-state index contributed by atoms with van der Waals surface area (Å²) in [5, 5.41) is 12.5. The van der Waals surface area contributed by atoms with Gasteiger partial charge < -0.3 is 9.32 Å². The van der Waals surface area contributed by atoms with Gasteiger partial charge in [0.25, 0.3) is 0 Å². The van der Waals surface area contributed by atoms with Gasteiger partial charge in [-0.15, -0.1) is 11.3 Å². The molecule has 0 atom stereocenters. The molecular weight excluding hydrogens is 761 g/mol. The molecule has 3 nitrogen and oxygen atoms in total. The molecule has 0 amide bonds. The first-order chi connectivity index (χ1) is 29.9. The molecular formula is C57H40N2OS. The Morgan fingerprint density at radius 1 is 0.574 bits per heavy atom. The maximum Gasteiger partial charge on any atom is 0.135 e. The van der Waals surface area contributed by atoms with Crippen molar-refractivity contribution < 1.29 is 4.42 Å². The lowest BCUT2D eigenvalue weighted by atomic mass is 9.82. The molecule has 2 aromatic heterocycles. The molecule has 2 heterocycles. The lowest BCUT2D eigenvalue weighted by molar-refractivity contribution is 0.660. The molecule has 61 heavy (non-hydrogen) atoms. The molecule has 1 aliphatic carbocycles. The lowest BCUT2D eigenvalue weighted by Crippen LogP contribution is -2.16. The average molecular weight is 801 g/mol. The number of furan rings is 1. The predicted molar refractivity (Wildman–Crippen MR) is 264 cm³/mol. The third kappa shape index (κ3) is 5.32. The van der Waals surface area contributed by atoms with E-state index in [9.17, 15) is 0 Å². The zero-order valence-electron chi connectivity index (χ0n) is 34.2. The average Bonchev–Trinajstić information content (AvgIpc) is 3.93. The monoisotopic (exact) mass is 800 g/mol. The molecule has 12 rings (SSSR count). The summed E-state index contributed by atoms with van der Waals surface area (Å²) in [4.78, 5) is 6.34. The molecule has 0 unspecified atom stereocenters. The Labute approximate surface area is 357 Å². The van der Waals surface area contributed by atoms with E-state index in [4.69, 9.17) is 4.42 Å². The molecule has 0 saturated heterocycles. The van der Waals surface area contributed by atoms with Crippen molar-refractivity contribution in [1.29, 1.82) is 0 Å². The number of hydrogen-bond donors (Lipinski definition) is 0. The van der Waals surface area contributed by atoms with Gasteiger partial charge in [0.15, 0.2) is 0 Å². The Kier molecular flexibility index (Phi) is 7.82. The van der Waals surface area contributed by atoms with Crippen LogP contribution in [0.25, 0.3) is 91.1 Å². The van der Waals surface area contributed by atoms with Crippen LogP contribution in [0.5, 0.6) is 0 Å². The predicted octanol–water partition coefficient (Wildman–Crippen LogP) is 16.8. The van der Waals surface area contributed by atoms with Crippen LogP contribution in [-0.4, -0.2) is 6.72 Å². The first kappa shape index (κ1) is 35.7. The third-order valence-corrected chi connectivity index (χ3v) is 14.3. The number of rotatable bonds is 6. The summed E-state index contributed by atoms with van der Waals surface area (Å²) >= 11 is 1.89. The van der Waals surface area contributed by atoms with E-state index in [-0.39, 0.29) is 5.41 Å². The lowest BCUT2D eigenvalue weighted by Gasteiger charge is -2.28. The largest absolute Gasteiger partial charge is 0.456 e. The van der Waals surface area contributed by atoms with Crippen LogP contribution in [0.4, 0.5) is 17.1 Å². The van der Waals surface area contributed by atoms with Gasteiger partial charge in [0, 0.05) is 49.2 Å². The highest BCUT2D eigenvalue weighted by molar-refractivity contribution is 7.26. The van der Waals surface area contributed by atoms with E-state index in [1.165, 1.54) is 74.7 Å². The molecule has 11 aromatic rings. The first-order valence-electron chi connectivity index (χ1n) is 20.9. The van der Waals surface area contributed by atoms with Crippen LogP contribution >= 0.6 is 11.3 Å². The molecule has 0 bridgehead atoms. The molecule has 0 N–H and O–H groups in total. The number of anilines is 3. The van der Waals surface area contributed by atoms with Crippen molar-refractivity contribution in [1.82, 2.24) is 0 Å². The van der Waals surface area contributed by atoms with Gasteiger partial charge in [0.1, 0.15) is 11.2 Å². The summed E-state index contributed by atoms with van der Waals surface area (Å²) in [6.07, 6.45) is 5.70. The van der Waals surface area contributed by atoms with Gasteiger partial charge in [-0.1, -0.05) is 117 Å². The highest BCUT2D eigenvalue weighted by Gasteiger charge is 2.36. The van der Waals surface area contributed by atoms with Crippen molar-refractivity contribution in [2.24, 2.45) is 4.99 Å². The smallest absolute Gasteiger partial charge is 0.135 e. The van der Waals surface area contributed by atoms with Crippen molar-refractivity contribution in [3.8, 4) is 11.1 Å². The van der Waals surface area contributed by atoms with Crippen molar-refractivity contribution in [3.63, 3.8) is 0 Å². The van der Waals surface area contributed by atoms with Crippen LogP contribution < -0.4 is 4.90 Å². The molecule has 1 aliphatic rings. The standard InChI is InChI=1S/C57H40N2OS/c1-34(13-12-28-58-4)35-22-26-53-47(29-35)48-30-36(24-27-54(48)60-53)59(37-23-25-43-42-18-9-10-20-50(42)57(2,3)51(43)31-37)52-21-11-19-44-49-32-45-40-16-7-5-14-38(40)39-15-6-8-17-41(39)46(45)33-55(49)61-56(44)52/h5-33H,4H2,1-3H3/b28-12-,34-13+. The van der Waals surface area contributed by atoms with Crippen LogP contribution in [0.2, 0.25) is 0 Å². The fourth-order valence-electron chi connectivity index (χ4n) is 10.1. The quantitative estimate of drug-likeness (QED) is 0.0952. The minimum Gasteiger partial charge on any atom is -0.456 e. The summed E-state index contributed by atoms with van der Waals surface area (Å²) in [5.41, 5.74) is 12.6. The molecule has 0 spiro atoms. The molecule has 9 aromatic carbocycles. The maximum atomic E-state index is 6.49. The SMILES string of the molecule is C=N/C=C\C=C(/C)c1ccc2oc3ccc(N(c4ccc5c(c4)C(C)(C)c4ccccc4-5)c4cccc5c4sc4cc6c7ccccc7c7ccccc7c6cc45)cc3c2c1. The summed E-state index contributed by atoms with van der Waals surface area (Å²) in [6.45, 7) is 10.4. The molecule has 0 fully saturated rings. The minimum atomic E-state index is -0.147. The van der Waals surface area contributed by atoms with E-state index in [1.54, 1.807) is 6.20 Å². The number of aliphatic imine (C=N–C) groups is 1. The van der Waals surface area contributed by atoms with Crippen molar-refractivity contribution in [3.05, 3.63) is 193 Å². The Morgan fingerprint density at radius 2 is 1.20 bits per heavy atom. The molecule has 0 radical (unpaired) electrons. The van der Waals surface area contributed by atoms with Crippen LogP contribution in [0.15, 0.2) is 185 Å². The van der Waals surface area contributed by atoms with E-state index in [1.807, 2.05) is 17.4 Å². The van der Waals surface area contributed by atoms with E-state index in [0.29, 0.717) is 0 Å². The topological polar surface area (TPSA) is 28.7 Å². The summed E-state index contributed by atoms with van der Waals surface area (Å²) < 4.78 is 9.03. The second kappa shape index (κ2) is 13.4. The van der Waals surface area contributed by atoms with Gasteiger partial charge in [0.2, 0.25) is 0 Å². The van der Waals surface area contributed by atoms with E-state index in [0.717, 1.165) is 50.1 Å². The molecule has 0 saturated carbocycles. The van der Waals surface area contributed by atoms with Crippen LogP contribution in [0.1, 0.15) is 37.5 Å². The van der Waals surface area contributed by atoms with Crippen LogP contribution in [0, 0.1) is 0 Å². The Bertz CT molecular complexity index is 3730. The van der Waals surface area contributed by atoms with E-state index in [2.05, 4.69) is 201 Å². The molecule has 290 valence electrons. The van der Waals surface area contributed by atoms with Crippen LogP contribution in [0.3, 0.4) is 0 Å². The number of thiophene rings is 1. The fraction of sp³-hybridized carbons (Fsp3) is 0.0702. The highest BCUT2D eigenvalue weighted by Crippen LogP contribution is 2.52. The Hall–Kier alpha value is -7.27. The third-order valence-electron chi connectivity index (χ3n) is 13.1. The number of hydrogen-bond acceptors (Lipinski definition) is 4. The van der Waals surface area contributed by atoms with E-state index < -0.39 is 0 Å². The zero-order chi connectivity index (χ0) is 41.0. The van der Waals surface area contributed by atoms with Crippen molar-refractivity contribution in [2.45, 2.75) is 26.2 Å². The fourth-order valence-corrected chi connectivity index (χ4v) is 11.3. The van der Waals surface area contributed by atoms with Gasteiger partial charge in [-0.25, -0.2) is 0 Å². The van der Waals surface area contributed by atoms with Gasteiger partial charge in [0.05, 0.1) is 10.4 Å². The number of fused-ring (bicyclic) bond motifs is 15. The number of benzene rings is 9. The summed E-state index contributed by atoms with van der Waals surface area (Å²) in [5.74, 6) is 0. The van der Waals surface area contributed by atoms with Crippen LogP contribution in [-0.2, 0) is 5.41 Å². The molecule has 0 aliphatic heterocycles. The van der Waals surface area contributed by atoms with Crippen molar-refractivity contribution >= 4 is 115 Å². The second-order valence-corrected chi connectivity index (χ2v) is 17.9.